The second kappa shape index (κ2) is 8.32. The third-order valence-corrected chi connectivity index (χ3v) is 4.04. The minimum atomic E-state index is -0.430. The zero-order valence-electron chi connectivity index (χ0n) is 13.6. The summed E-state index contributed by atoms with van der Waals surface area (Å²) in [5, 5.41) is 10.3. The fourth-order valence-corrected chi connectivity index (χ4v) is 2.68. The molecule has 0 aromatic heterocycles. The first-order chi connectivity index (χ1) is 11.8. The van der Waals surface area contributed by atoms with Gasteiger partial charge in [0.25, 0.3) is 0 Å². The fraction of sp³-hybridized carbons (Fsp3) is 0.182. The number of hydrogen-bond donors (Lipinski definition) is 1. The number of ether oxygens (including phenoxy) is 1. The van der Waals surface area contributed by atoms with Crippen LogP contribution < -0.4 is 4.74 Å². The van der Waals surface area contributed by atoms with Crippen LogP contribution in [0, 0.1) is 0 Å². The van der Waals surface area contributed by atoms with E-state index >= 15 is 0 Å². The maximum Gasteiger partial charge on any atom is 0.120 e. The number of hydrogen-bond acceptors (Lipinski definition) is 2. The molecule has 1 atom stereocenters. The lowest BCUT2D eigenvalue weighted by Crippen LogP contribution is -2.00. The van der Waals surface area contributed by atoms with Gasteiger partial charge >= 0.3 is 0 Å². The third kappa shape index (κ3) is 4.71. The zero-order valence-corrected chi connectivity index (χ0v) is 13.6. The number of benzene rings is 3. The minimum Gasteiger partial charge on any atom is -0.489 e. The molecular formula is C22H22O2. The van der Waals surface area contributed by atoms with E-state index in [1.807, 2.05) is 60.7 Å². The van der Waals surface area contributed by atoms with Crippen molar-refractivity contribution < 1.29 is 9.84 Å². The molecule has 0 bridgehead atoms. The van der Waals surface area contributed by atoms with E-state index in [4.69, 9.17) is 4.74 Å². The predicted molar refractivity (Wildman–Crippen MR) is 96.9 cm³/mol. The Morgan fingerprint density at radius 3 is 2.17 bits per heavy atom. The molecule has 0 saturated heterocycles. The molecule has 2 nitrogen and oxygen atoms in total. The van der Waals surface area contributed by atoms with Gasteiger partial charge in [-0.05, 0) is 41.7 Å². The summed E-state index contributed by atoms with van der Waals surface area (Å²) in [6.45, 7) is 0.566. The van der Waals surface area contributed by atoms with Crippen molar-refractivity contribution in [2.45, 2.75) is 25.6 Å². The first-order valence-electron chi connectivity index (χ1n) is 8.30. The van der Waals surface area contributed by atoms with Gasteiger partial charge in [-0.2, -0.15) is 0 Å². The van der Waals surface area contributed by atoms with Crippen LogP contribution in [0.4, 0.5) is 0 Å². The lowest BCUT2D eigenvalue weighted by molar-refractivity contribution is 0.168. The number of rotatable bonds is 7. The molecule has 3 aromatic carbocycles. The Morgan fingerprint density at radius 2 is 1.42 bits per heavy atom. The maximum absolute atomic E-state index is 10.3. The molecule has 1 N–H and O–H groups in total. The monoisotopic (exact) mass is 318 g/mol. The molecular weight excluding hydrogens is 296 g/mol. The predicted octanol–water partition coefficient (Wildman–Crippen LogP) is 4.93. The second-order valence-electron chi connectivity index (χ2n) is 5.89. The molecule has 3 aromatic rings. The second-order valence-corrected chi connectivity index (χ2v) is 5.89. The highest BCUT2D eigenvalue weighted by Gasteiger charge is 2.07. The van der Waals surface area contributed by atoms with E-state index in [0.717, 1.165) is 23.3 Å². The highest BCUT2D eigenvalue weighted by molar-refractivity contribution is 5.29. The lowest BCUT2D eigenvalue weighted by atomic mass is 10.0. The van der Waals surface area contributed by atoms with Crippen molar-refractivity contribution in [2.75, 3.05) is 0 Å². The van der Waals surface area contributed by atoms with Crippen molar-refractivity contribution in [1.29, 1.82) is 0 Å². The summed E-state index contributed by atoms with van der Waals surface area (Å²) in [6, 6.07) is 28.0. The van der Waals surface area contributed by atoms with E-state index in [-0.39, 0.29) is 0 Å². The Bertz CT molecular complexity index is 738. The van der Waals surface area contributed by atoms with E-state index in [2.05, 4.69) is 24.3 Å². The molecule has 0 aliphatic rings. The Kier molecular flexibility index (Phi) is 5.65. The van der Waals surface area contributed by atoms with Crippen LogP contribution in [0.3, 0.4) is 0 Å². The van der Waals surface area contributed by atoms with E-state index in [9.17, 15) is 5.11 Å². The maximum atomic E-state index is 10.3. The standard InChI is InChI=1S/C22H22O2/c23-22(20-11-5-2-6-12-20)15-14-18-10-7-13-21(16-18)24-17-19-8-3-1-4-9-19/h1-13,16,22-23H,14-15,17H2. The van der Waals surface area contributed by atoms with Crippen LogP contribution >= 0.6 is 0 Å². The number of aliphatic hydroxyl groups is 1. The summed E-state index contributed by atoms with van der Waals surface area (Å²) in [5.74, 6) is 0.866. The number of aliphatic hydroxyl groups excluding tert-OH is 1. The van der Waals surface area contributed by atoms with Crippen molar-refractivity contribution in [3.05, 3.63) is 102 Å². The Labute approximate surface area is 143 Å². The first-order valence-corrected chi connectivity index (χ1v) is 8.30. The van der Waals surface area contributed by atoms with Crippen LogP contribution in [0.2, 0.25) is 0 Å². The summed E-state index contributed by atoms with van der Waals surface area (Å²) < 4.78 is 5.86. The average Bonchev–Trinajstić information content (AvgIpc) is 2.66. The zero-order chi connectivity index (χ0) is 16.6. The molecule has 0 saturated carbocycles. The average molecular weight is 318 g/mol. The first kappa shape index (κ1) is 16.3. The van der Waals surface area contributed by atoms with Gasteiger partial charge in [-0.15, -0.1) is 0 Å². The molecule has 2 heteroatoms. The van der Waals surface area contributed by atoms with Gasteiger partial charge in [0.05, 0.1) is 6.10 Å². The highest BCUT2D eigenvalue weighted by atomic mass is 16.5. The summed E-state index contributed by atoms with van der Waals surface area (Å²) in [5.41, 5.74) is 3.30. The molecule has 0 spiro atoms. The molecule has 0 aliphatic heterocycles. The van der Waals surface area contributed by atoms with Gasteiger partial charge in [0, 0.05) is 0 Å². The van der Waals surface area contributed by atoms with Crippen molar-refractivity contribution in [3.8, 4) is 5.75 Å². The molecule has 0 amide bonds. The topological polar surface area (TPSA) is 29.5 Å². The molecule has 24 heavy (non-hydrogen) atoms. The van der Waals surface area contributed by atoms with E-state index in [1.165, 1.54) is 5.56 Å². The van der Waals surface area contributed by atoms with Crippen molar-refractivity contribution >= 4 is 0 Å². The molecule has 1 unspecified atom stereocenters. The van der Waals surface area contributed by atoms with Gasteiger partial charge in [0.1, 0.15) is 12.4 Å². The number of aryl methyl sites for hydroxylation is 1. The highest BCUT2D eigenvalue weighted by Crippen LogP contribution is 2.21. The van der Waals surface area contributed by atoms with Crippen LogP contribution in [-0.2, 0) is 13.0 Å². The molecule has 0 aliphatic carbocycles. The van der Waals surface area contributed by atoms with E-state index in [0.29, 0.717) is 13.0 Å². The summed E-state index contributed by atoms with van der Waals surface area (Å²) in [6.07, 6.45) is 1.09. The van der Waals surface area contributed by atoms with Gasteiger partial charge in [-0.25, -0.2) is 0 Å². The Hall–Kier alpha value is -2.58. The summed E-state index contributed by atoms with van der Waals surface area (Å²) in [7, 11) is 0. The molecule has 0 heterocycles. The van der Waals surface area contributed by atoms with Crippen molar-refractivity contribution in [1.82, 2.24) is 0 Å². The molecule has 0 radical (unpaired) electrons. The van der Waals surface area contributed by atoms with Crippen LogP contribution in [0.25, 0.3) is 0 Å². The Morgan fingerprint density at radius 1 is 0.750 bits per heavy atom. The van der Waals surface area contributed by atoms with Gasteiger partial charge in [0.2, 0.25) is 0 Å². The lowest BCUT2D eigenvalue weighted by Gasteiger charge is -2.12. The van der Waals surface area contributed by atoms with Crippen LogP contribution in [0.5, 0.6) is 5.75 Å². The van der Waals surface area contributed by atoms with E-state index < -0.39 is 6.10 Å². The largest absolute Gasteiger partial charge is 0.489 e. The fourth-order valence-electron chi connectivity index (χ4n) is 2.68. The minimum absolute atomic E-state index is 0.430. The van der Waals surface area contributed by atoms with Crippen LogP contribution in [-0.4, -0.2) is 5.11 Å². The van der Waals surface area contributed by atoms with Gasteiger partial charge in [-0.3, -0.25) is 0 Å². The summed E-state index contributed by atoms with van der Waals surface area (Å²) >= 11 is 0. The van der Waals surface area contributed by atoms with Gasteiger partial charge < -0.3 is 9.84 Å². The molecule has 122 valence electrons. The smallest absolute Gasteiger partial charge is 0.120 e. The van der Waals surface area contributed by atoms with Crippen molar-refractivity contribution in [2.24, 2.45) is 0 Å². The van der Waals surface area contributed by atoms with Gasteiger partial charge in [0.15, 0.2) is 0 Å². The van der Waals surface area contributed by atoms with E-state index in [1.54, 1.807) is 0 Å². The molecule has 0 fully saturated rings. The quantitative estimate of drug-likeness (QED) is 0.669. The normalized spacial score (nSPS) is 11.9. The van der Waals surface area contributed by atoms with Crippen LogP contribution in [0.1, 0.15) is 29.2 Å². The molecule has 3 rings (SSSR count). The summed E-state index contributed by atoms with van der Waals surface area (Å²) in [4.78, 5) is 0. The van der Waals surface area contributed by atoms with Crippen LogP contribution in [0.15, 0.2) is 84.9 Å². The van der Waals surface area contributed by atoms with Crippen molar-refractivity contribution in [3.63, 3.8) is 0 Å². The third-order valence-electron chi connectivity index (χ3n) is 4.04. The SMILES string of the molecule is OC(CCc1cccc(OCc2ccccc2)c1)c1ccccc1. The van der Waals surface area contributed by atoms with Gasteiger partial charge in [-0.1, -0.05) is 72.8 Å². The Balaban J connectivity index is 1.55.